The van der Waals surface area contributed by atoms with E-state index in [0.717, 1.165) is 29.5 Å². The van der Waals surface area contributed by atoms with Crippen LogP contribution >= 0.6 is 0 Å². The van der Waals surface area contributed by atoms with Gasteiger partial charge in [0.1, 0.15) is 5.52 Å². The van der Waals surface area contributed by atoms with Gasteiger partial charge in [0.25, 0.3) is 0 Å². The lowest BCUT2D eigenvalue weighted by Gasteiger charge is -2.22. The van der Waals surface area contributed by atoms with Crippen LogP contribution in [-0.2, 0) is 6.42 Å². The number of benzene rings is 1. The van der Waals surface area contributed by atoms with Crippen molar-refractivity contribution in [3.8, 4) is 0 Å². The molecule has 1 N–H and O–H groups in total. The smallest absolute Gasteiger partial charge is 0.195 e. The summed E-state index contributed by atoms with van der Waals surface area (Å²) in [4.78, 5) is 7.14. The molecule has 3 heterocycles. The van der Waals surface area contributed by atoms with Gasteiger partial charge in [-0.2, -0.15) is 0 Å². The Kier molecular flexibility index (Phi) is 2.91. The number of nitrogens with one attached hydrogen (secondary N) is 1. The molecule has 2 aromatic rings. The Morgan fingerprint density at radius 3 is 3.20 bits per heavy atom. The van der Waals surface area contributed by atoms with Crippen LogP contribution in [0.2, 0.25) is 0 Å². The van der Waals surface area contributed by atoms with Crippen LogP contribution in [0.15, 0.2) is 22.6 Å². The summed E-state index contributed by atoms with van der Waals surface area (Å²) in [7, 11) is 0. The van der Waals surface area contributed by atoms with E-state index in [0.29, 0.717) is 6.04 Å². The van der Waals surface area contributed by atoms with Gasteiger partial charge in [-0.15, -0.1) is 0 Å². The molecule has 4 heteroatoms. The van der Waals surface area contributed by atoms with Crippen LogP contribution in [0, 0.1) is 0 Å². The third kappa shape index (κ3) is 1.99. The lowest BCUT2D eigenvalue weighted by Crippen LogP contribution is -2.33. The molecule has 1 aromatic heterocycles. The monoisotopic (exact) mass is 271 g/mol. The largest absolute Gasteiger partial charge is 0.441 e. The van der Waals surface area contributed by atoms with Crippen molar-refractivity contribution >= 4 is 16.8 Å². The average Bonchev–Trinajstić information content (AvgIpc) is 3.14. The van der Waals surface area contributed by atoms with E-state index in [1.807, 2.05) is 6.07 Å². The van der Waals surface area contributed by atoms with Crippen molar-refractivity contribution in [2.24, 2.45) is 0 Å². The minimum atomic E-state index is 0.590. The summed E-state index contributed by atoms with van der Waals surface area (Å²) in [5.41, 5.74) is 3.03. The molecule has 0 radical (unpaired) electrons. The van der Waals surface area contributed by atoms with Gasteiger partial charge in [0, 0.05) is 30.7 Å². The first-order valence-electron chi connectivity index (χ1n) is 7.73. The summed E-state index contributed by atoms with van der Waals surface area (Å²) >= 11 is 0. The molecule has 0 amide bonds. The van der Waals surface area contributed by atoms with Crippen LogP contribution in [0.4, 0.5) is 5.69 Å². The molecule has 2 saturated heterocycles. The van der Waals surface area contributed by atoms with Gasteiger partial charge in [0.15, 0.2) is 11.5 Å². The van der Waals surface area contributed by atoms with E-state index in [4.69, 9.17) is 4.42 Å². The predicted molar refractivity (Wildman–Crippen MR) is 80.0 cm³/mol. The van der Waals surface area contributed by atoms with Crippen LogP contribution < -0.4 is 5.32 Å². The number of rotatable bonds is 3. The van der Waals surface area contributed by atoms with E-state index in [2.05, 4.69) is 34.3 Å². The molecular weight excluding hydrogens is 250 g/mol. The second-order valence-electron chi connectivity index (χ2n) is 5.93. The molecule has 20 heavy (non-hydrogen) atoms. The number of anilines is 1. The molecule has 0 spiro atoms. The molecule has 4 nitrogen and oxygen atoms in total. The fourth-order valence-electron chi connectivity index (χ4n) is 3.68. The normalized spacial score (nSPS) is 26.2. The molecule has 0 bridgehead atoms. The van der Waals surface area contributed by atoms with Crippen molar-refractivity contribution in [2.75, 3.05) is 18.4 Å². The van der Waals surface area contributed by atoms with Crippen LogP contribution in [0.5, 0.6) is 0 Å². The molecule has 4 rings (SSSR count). The number of fused-ring (bicyclic) bond motifs is 2. The Labute approximate surface area is 119 Å². The summed E-state index contributed by atoms with van der Waals surface area (Å²) in [5, 5.41) is 3.71. The standard InChI is InChI=1S/C16H21N3O/c1-2-16-18-13-10-11(5-6-15(13)20-16)17-12-7-9-19-8-3-4-14(12)19/h5-6,10,12,14,17H,2-4,7-9H2,1H3. The molecule has 2 fully saturated rings. The van der Waals surface area contributed by atoms with Gasteiger partial charge in [-0.1, -0.05) is 6.92 Å². The van der Waals surface area contributed by atoms with Crippen LogP contribution in [-0.4, -0.2) is 35.1 Å². The van der Waals surface area contributed by atoms with Crippen molar-refractivity contribution in [2.45, 2.75) is 44.7 Å². The molecule has 2 atom stereocenters. The molecule has 0 saturated carbocycles. The molecular formula is C16H21N3O. The number of hydrogen-bond acceptors (Lipinski definition) is 4. The van der Waals surface area contributed by atoms with Gasteiger partial charge in [-0.05, 0) is 44.0 Å². The molecule has 2 unspecified atom stereocenters. The van der Waals surface area contributed by atoms with Gasteiger partial charge < -0.3 is 9.73 Å². The zero-order chi connectivity index (χ0) is 13.5. The first kappa shape index (κ1) is 12.2. The summed E-state index contributed by atoms with van der Waals surface area (Å²) in [5.74, 6) is 0.819. The third-order valence-corrected chi connectivity index (χ3v) is 4.69. The Hall–Kier alpha value is -1.55. The Morgan fingerprint density at radius 2 is 2.30 bits per heavy atom. The highest BCUT2D eigenvalue weighted by molar-refractivity contribution is 5.77. The molecule has 2 aliphatic rings. The Morgan fingerprint density at radius 1 is 1.35 bits per heavy atom. The lowest BCUT2D eigenvalue weighted by molar-refractivity contribution is 0.318. The predicted octanol–water partition coefficient (Wildman–Crippen LogP) is 3.04. The number of aryl methyl sites for hydroxylation is 1. The van der Waals surface area contributed by atoms with Crippen molar-refractivity contribution in [1.29, 1.82) is 0 Å². The number of hydrogen-bond donors (Lipinski definition) is 1. The topological polar surface area (TPSA) is 41.3 Å². The maximum absolute atomic E-state index is 5.66. The maximum Gasteiger partial charge on any atom is 0.195 e. The Balaban J connectivity index is 1.56. The van der Waals surface area contributed by atoms with E-state index in [1.54, 1.807) is 0 Å². The van der Waals surface area contributed by atoms with E-state index >= 15 is 0 Å². The molecule has 106 valence electrons. The van der Waals surface area contributed by atoms with Crippen LogP contribution in [0.25, 0.3) is 11.1 Å². The SMILES string of the molecule is CCc1nc2cc(NC3CCN4CCCC34)ccc2o1. The van der Waals surface area contributed by atoms with Gasteiger partial charge in [-0.3, -0.25) is 4.90 Å². The quantitative estimate of drug-likeness (QED) is 0.931. The zero-order valence-corrected chi connectivity index (χ0v) is 11.9. The second kappa shape index (κ2) is 4.77. The number of oxazole rings is 1. The van der Waals surface area contributed by atoms with Crippen LogP contribution in [0.1, 0.15) is 32.1 Å². The van der Waals surface area contributed by atoms with Gasteiger partial charge >= 0.3 is 0 Å². The second-order valence-corrected chi connectivity index (χ2v) is 5.93. The lowest BCUT2D eigenvalue weighted by atomic mass is 10.1. The number of nitrogens with zero attached hydrogens (tertiary/aromatic N) is 2. The van der Waals surface area contributed by atoms with E-state index in [1.165, 1.54) is 38.0 Å². The van der Waals surface area contributed by atoms with E-state index in [9.17, 15) is 0 Å². The Bertz CT molecular complexity index is 621. The van der Waals surface area contributed by atoms with Crippen LogP contribution in [0.3, 0.4) is 0 Å². The number of aromatic nitrogens is 1. The summed E-state index contributed by atoms with van der Waals surface area (Å²) < 4.78 is 5.66. The van der Waals surface area contributed by atoms with E-state index < -0.39 is 0 Å². The molecule has 0 aliphatic carbocycles. The fourth-order valence-corrected chi connectivity index (χ4v) is 3.68. The zero-order valence-electron chi connectivity index (χ0n) is 11.9. The first-order valence-corrected chi connectivity index (χ1v) is 7.73. The fraction of sp³-hybridized carbons (Fsp3) is 0.562. The molecule has 2 aliphatic heterocycles. The minimum absolute atomic E-state index is 0.590. The molecule has 1 aromatic carbocycles. The average molecular weight is 271 g/mol. The highest BCUT2D eigenvalue weighted by atomic mass is 16.3. The van der Waals surface area contributed by atoms with Crippen molar-refractivity contribution in [3.05, 3.63) is 24.1 Å². The summed E-state index contributed by atoms with van der Waals surface area (Å²) in [6.45, 7) is 4.59. The van der Waals surface area contributed by atoms with Gasteiger partial charge in [0.2, 0.25) is 0 Å². The van der Waals surface area contributed by atoms with Crippen molar-refractivity contribution in [1.82, 2.24) is 9.88 Å². The first-order chi connectivity index (χ1) is 9.83. The summed E-state index contributed by atoms with van der Waals surface area (Å²) in [6, 6.07) is 7.59. The van der Waals surface area contributed by atoms with E-state index in [-0.39, 0.29) is 0 Å². The van der Waals surface area contributed by atoms with Crippen molar-refractivity contribution in [3.63, 3.8) is 0 Å². The minimum Gasteiger partial charge on any atom is -0.441 e. The van der Waals surface area contributed by atoms with Gasteiger partial charge in [-0.25, -0.2) is 4.98 Å². The highest BCUT2D eigenvalue weighted by Gasteiger charge is 2.36. The maximum atomic E-state index is 5.66. The summed E-state index contributed by atoms with van der Waals surface area (Å²) in [6.07, 6.45) is 4.79. The van der Waals surface area contributed by atoms with Crippen molar-refractivity contribution < 1.29 is 4.42 Å². The van der Waals surface area contributed by atoms with Gasteiger partial charge in [0.05, 0.1) is 0 Å². The highest BCUT2D eigenvalue weighted by Crippen LogP contribution is 2.30. The third-order valence-electron chi connectivity index (χ3n) is 4.69.